The van der Waals surface area contributed by atoms with E-state index in [0.29, 0.717) is 6.54 Å². The molecule has 4 N–H and O–H groups in total. The van der Waals surface area contributed by atoms with E-state index in [9.17, 15) is 14.7 Å². The lowest BCUT2D eigenvalue weighted by atomic mass is 10.0. The molecule has 24 heavy (non-hydrogen) atoms. The highest BCUT2D eigenvalue weighted by Gasteiger charge is 2.21. The number of nitrogens with two attached hydrogens (primary N) is 1. The van der Waals surface area contributed by atoms with Crippen molar-refractivity contribution in [1.82, 2.24) is 5.32 Å². The SMILES string of the molecule is NCc1ccc(C[C@@H](NC(=O)OCc2ccccc2)C(=O)O)cc1. The molecule has 0 fully saturated rings. The van der Waals surface area contributed by atoms with Crippen molar-refractivity contribution in [2.75, 3.05) is 0 Å². The normalized spacial score (nSPS) is 11.5. The van der Waals surface area contributed by atoms with Crippen LogP contribution in [0.3, 0.4) is 0 Å². The van der Waals surface area contributed by atoms with Crippen LogP contribution in [0.4, 0.5) is 4.79 Å². The fourth-order valence-corrected chi connectivity index (χ4v) is 2.15. The summed E-state index contributed by atoms with van der Waals surface area (Å²) in [4.78, 5) is 23.2. The monoisotopic (exact) mass is 328 g/mol. The van der Waals surface area contributed by atoms with Crippen LogP contribution in [0.1, 0.15) is 16.7 Å². The van der Waals surface area contributed by atoms with Crippen molar-refractivity contribution >= 4 is 12.1 Å². The highest BCUT2D eigenvalue weighted by molar-refractivity contribution is 5.80. The number of carboxylic acid groups (broad SMARTS) is 1. The third-order valence-electron chi connectivity index (χ3n) is 3.50. The fraction of sp³-hybridized carbons (Fsp3) is 0.222. The Hall–Kier alpha value is -2.86. The van der Waals surface area contributed by atoms with E-state index < -0.39 is 18.1 Å². The smallest absolute Gasteiger partial charge is 0.408 e. The zero-order valence-electron chi connectivity index (χ0n) is 13.1. The fourth-order valence-electron chi connectivity index (χ4n) is 2.15. The molecule has 0 aromatic heterocycles. The number of aliphatic carboxylic acids is 1. The van der Waals surface area contributed by atoms with E-state index in [1.165, 1.54) is 0 Å². The number of ether oxygens (including phenoxy) is 1. The molecule has 0 radical (unpaired) electrons. The van der Waals surface area contributed by atoms with Crippen LogP contribution >= 0.6 is 0 Å². The molecular formula is C18H20N2O4. The quantitative estimate of drug-likeness (QED) is 0.722. The summed E-state index contributed by atoms with van der Waals surface area (Å²) >= 11 is 0. The minimum absolute atomic E-state index is 0.0875. The van der Waals surface area contributed by atoms with Gasteiger partial charge < -0.3 is 20.9 Å². The molecule has 0 aliphatic rings. The van der Waals surface area contributed by atoms with Crippen LogP contribution in [0.15, 0.2) is 54.6 Å². The van der Waals surface area contributed by atoms with Crippen molar-refractivity contribution in [3.8, 4) is 0 Å². The first kappa shape index (κ1) is 17.5. The minimum Gasteiger partial charge on any atom is -0.480 e. The molecular weight excluding hydrogens is 308 g/mol. The molecule has 0 saturated carbocycles. The first-order valence-corrected chi connectivity index (χ1v) is 7.56. The third-order valence-corrected chi connectivity index (χ3v) is 3.50. The zero-order valence-corrected chi connectivity index (χ0v) is 13.1. The number of benzene rings is 2. The highest BCUT2D eigenvalue weighted by atomic mass is 16.5. The Kier molecular flexibility index (Phi) is 6.33. The Morgan fingerprint density at radius 1 is 1.00 bits per heavy atom. The molecule has 0 bridgehead atoms. The Morgan fingerprint density at radius 3 is 2.21 bits per heavy atom. The molecule has 2 aromatic rings. The van der Waals surface area contributed by atoms with E-state index in [2.05, 4.69) is 5.32 Å². The van der Waals surface area contributed by atoms with E-state index in [-0.39, 0.29) is 13.0 Å². The molecule has 0 unspecified atom stereocenters. The summed E-state index contributed by atoms with van der Waals surface area (Å²) in [6, 6.07) is 15.4. The van der Waals surface area contributed by atoms with Crippen LogP contribution in [0, 0.1) is 0 Å². The maximum Gasteiger partial charge on any atom is 0.408 e. The van der Waals surface area contributed by atoms with Crippen molar-refractivity contribution in [1.29, 1.82) is 0 Å². The minimum atomic E-state index is -1.12. The van der Waals surface area contributed by atoms with Gasteiger partial charge in [-0.15, -0.1) is 0 Å². The van der Waals surface area contributed by atoms with Gasteiger partial charge in [-0.1, -0.05) is 54.6 Å². The molecule has 1 amide bonds. The topological polar surface area (TPSA) is 102 Å². The van der Waals surface area contributed by atoms with Crippen molar-refractivity contribution in [3.05, 3.63) is 71.3 Å². The first-order valence-electron chi connectivity index (χ1n) is 7.56. The molecule has 126 valence electrons. The van der Waals surface area contributed by atoms with E-state index in [4.69, 9.17) is 10.5 Å². The van der Waals surface area contributed by atoms with Gasteiger partial charge in [0.05, 0.1) is 0 Å². The van der Waals surface area contributed by atoms with Gasteiger partial charge in [0.2, 0.25) is 0 Å². The largest absolute Gasteiger partial charge is 0.480 e. The second-order valence-electron chi connectivity index (χ2n) is 5.32. The molecule has 0 saturated heterocycles. The standard InChI is InChI=1S/C18H20N2O4/c19-11-14-8-6-13(7-9-14)10-16(17(21)22)20-18(23)24-12-15-4-2-1-3-5-15/h1-9,16H,10-12,19H2,(H,20,23)(H,21,22)/t16-/m1/s1. The van der Waals surface area contributed by atoms with E-state index >= 15 is 0 Å². The van der Waals surface area contributed by atoms with Crippen molar-refractivity contribution in [2.24, 2.45) is 5.73 Å². The summed E-state index contributed by atoms with van der Waals surface area (Å²) in [5, 5.41) is 11.7. The molecule has 0 aliphatic carbocycles. The number of carboxylic acids is 1. The van der Waals surface area contributed by atoms with E-state index in [1.54, 1.807) is 12.1 Å². The summed E-state index contributed by atoms with van der Waals surface area (Å²) in [6.07, 6.45) is -0.592. The molecule has 2 rings (SSSR count). The van der Waals surface area contributed by atoms with Crippen molar-refractivity contribution in [2.45, 2.75) is 25.6 Å². The summed E-state index contributed by atoms with van der Waals surface area (Å²) in [5.74, 6) is -1.12. The summed E-state index contributed by atoms with van der Waals surface area (Å²) in [7, 11) is 0. The number of amides is 1. The average molecular weight is 328 g/mol. The number of hydrogen-bond donors (Lipinski definition) is 3. The van der Waals surface area contributed by atoms with Crippen LogP contribution in [0.5, 0.6) is 0 Å². The number of carbonyl (C=O) groups excluding carboxylic acids is 1. The zero-order chi connectivity index (χ0) is 17.4. The molecule has 0 spiro atoms. The van der Waals surface area contributed by atoms with Crippen molar-refractivity contribution in [3.63, 3.8) is 0 Å². The predicted molar refractivity (Wildman–Crippen MR) is 89.2 cm³/mol. The van der Waals surface area contributed by atoms with Gasteiger partial charge in [0.15, 0.2) is 0 Å². The maximum absolute atomic E-state index is 11.8. The predicted octanol–water partition coefficient (Wildman–Crippen LogP) is 2.07. The Bertz CT molecular complexity index is 671. The molecule has 1 atom stereocenters. The summed E-state index contributed by atoms with van der Waals surface area (Å²) in [6.45, 7) is 0.511. The molecule has 0 aliphatic heterocycles. The van der Waals surface area contributed by atoms with Crippen molar-refractivity contribution < 1.29 is 19.4 Å². The highest BCUT2D eigenvalue weighted by Crippen LogP contribution is 2.08. The Morgan fingerprint density at radius 2 is 1.62 bits per heavy atom. The van der Waals surface area contributed by atoms with Crippen LogP contribution in [0.25, 0.3) is 0 Å². The van der Waals surface area contributed by atoms with Crippen LogP contribution in [-0.2, 0) is 29.1 Å². The number of rotatable bonds is 7. The Balaban J connectivity index is 1.90. The lowest BCUT2D eigenvalue weighted by molar-refractivity contribution is -0.139. The number of nitrogens with one attached hydrogen (secondary N) is 1. The van der Waals surface area contributed by atoms with Gasteiger partial charge in [-0.2, -0.15) is 0 Å². The van der Waals surface area contributed by atoms with Gasteiger partial charge >= 0.3 is 12.1 Å². The number of alkyl carbamates (subject to hydrolysis) is 1. The van der Waals surface area contributed by atoms with E-state index in [0.717, 1.165) is 16.7 Å². The molecule has 6 nitrogen and oxygen atoms in total. The van der Waals surface area contributed by atoms with Gasteiger partial charge in [0.1, 0.15) is 12.6 Å². The first-order chi connectivity index (χ1) is 11.6. The third kappa shape index (κ3) is 5.40. The second kappa shape index (κ2) is 8.69. The van der Waals surface area contributed by atoms with Crippen LogP contribution < -0.4 is 11.1 Å². The van der Waals surface area contributed by atoms with Gasteiger partial charge in [0.25, 0.3) is 0 Å². The van der Waals surface area contributed by atoms with Gasteiger partial charge in [0, 0.05) is 13.0 Å². The van der Waals surface area contributed by atoms with Gasteiger partial charge in [-0.25, -0.2) is 9.59 Å². The molecule has 0 heterocycles. The number of hydrogen-bond acceptors (Lipinski definition) is 4. The maximum atomic E-state index is 11.8. The average Bonchev–Trinajstić information content (AvgIpc) is 2.61. The van der Waals surface area contributed by atoms with E-state index in [1.807, 2.05) is 42.5 Å². The lowest BCUT2D eigenvalue weighted by Gasteiger charge is -2.15. The van der Waals surface area contributed by atoms with Crippen LogP contribution in [0.2, 0.25) is 0 Å². The summed E-state index contributed by atoms with van der Waals surface area (Å²) < 4.78 is 5.05. The number of carbonyl (C=O) groups is 2. The Labute approximate surface area is 140 Å². The molecule has 6 heteroatoms. The molecule has 2 aromatic carbocycles. The lowest BCUT2D eigenvalue weighted by Crippen LogP contribution is -2.42. The van der Waals surface area contributed by atoms with Gasteiger partial charge in [-0.3, -0.25) is 0 Å². The second-order valence-corrected chi connectivity index (χ2v) is 5.32. The van der Waals surface area contributed by atoms with Gasteiger partial charge in [-0.05, 0) is 16.7 Å². The van der Waals surface area contributed by atoms with Crippen LogP contribution in [-0.4, -0.2) is 23.2 Å². The summed E-state index contributed by atoms with van der Waals surface area (Å²) in [5.41, 5.74) is 8.11.